The Labute approximate surface area is 233 Å². The van der Waals surface area contributed by atoms with Gasteiger partial charge in [0.2, 0.25) is 5.75 Å². The number of rotatable bonds is 11. The molecule has 0 radical (unpaired) electrons. The number of thiophene rings is 1. The quantitative estimate of drug-likeness (QED) is 0.245. The van der Waals surface area contributed by atoms with Gasteiger partial charge in [0.05, 0.1) is 37.5 Å². The molecule has 0 aliphatic rings. The predicted octanol–water partition coefficient (Wildman–Crippen LogP) is 5.21. The summed E-state index contributed by atoms with van der Waals surface area (Å²) in [6, 6.07) is 8.13. The first-order valence-corrected chi connectivity index (χ1v) is 13.6. The monoisotopic (exact) mass is 569 g/mol. The van der Waals surface area contributed by atoms with Crippen LogP contribution in [0.15, 0.2) is 46.6 Å². The highest BCUT2D eigenvalue weighted by molar-refractivity contribution is 7.16. The number of benzene rings is 2. The van der Waals surface area contributed by atoms with Crippen LogP contribution in [-0.4, -0.2) is 48.1 Å². The maximum Gasteiger partial charge on any atom is 0.359 e. The van der Waals surface area contributed by atoms with Gasteiger partial charge in [-0.3, -0.25) is 9.59 Å². The molecule has 10 nitrogen and oxygen atoms in total. The van der Waals surface area contributed by atoms with Gasteiger partial charge in [-0.05, 0) is 64.1 Å². The lowest BCUT2D eigenvalue weighted by Gasteiger charge is -2.17. The Morgan fingerprint density at radius 3 is 2.15 bits per heavy atom. The first-order valence-electron chi connectivity index (χ1n) is 12.7. The molecule has 2 aromatic carbocycles. The average molecular weight is 570 g/mol. The maximum atomic E-state index is 13.6. The molecule has 12 heteroatoms. The lowest BCUT2D eigenvalue weighted by molar-refractivity contribution is 0.0519. The summed E-state index contributed by atoms with van der Waals surface area (Å²) in [5.41, 5.74) is -0.286. The highest BCUT2D eigenvalue weighted by Crippen LogP contribution is 2.40. The van der Waals surface area contributed by atoms with Gasteiger partial charge in [0.1, 0.15) is 10.8 Å². The van der Waals surface area contributed by atoms with Crippen molar-refractivity contribution in [3.8, 4) is 22.9 Å². The molecule has 2 aromatic heterocycles. The number of carbonyl (C=O) groups excluding carboxylic acids is 2. The van der Waals surface area contributed by atoms with Crippen LogP contribution in [0.2, 0.25) is 0 Å². The van der Waals surface area contributed by atoms with E-state index >= 15 is 0 Å². The fourth-order valence-electron chi connectivity index (χ4n) is 3.94. The summed E-state index contributed by atoms with van der Waals surface area (Å²) in [5, 5.41) is 9.01. The molecule has 210 valence electrons. The normalized spacial score (nSPS) is 10.8. The van der Waals surface area contributed by atoms with Crippen LogP contribution >= 0.6 is 11.3 Å². The fraction of sp³-hybridized carbons (Fsp3) is 0.286. The molecule has 0 atom stereocenters. The minimum absolute atomic E-state index is 0.0572. The standard InChI is InChI=1S/C28H28FN3O7S/c1-5-36-20-13-16(14-21(37-6-2)24(20)38-7-3)25(33)30-26-22-19(15-40-26)23(28(35)39-8-4)31-32(27(22)34)18-11-9-17(29)10-12-18/h9-15H,5-8H2,1-4H3,(H,30,33). The Bertz CT molecular complexity index is 1570. The van der Waals surface area contributed by atoms with Gasteiger partial charge in [0.15, 0.2) is 17.2 Å². The molecule has 2 heterocycles. The number of esters is 1. The molecular weight excluding hydrogens is 541 g/mol. The molecule has 0 aliphatic heterocycles. The number of hydrogen-bond acceptors (Lipinski definition) is 9. The van der Waals surface area contributed by atoms with E-state index in [0.29, 0.717) is 37.1 Å². The van der Waals surface area contributed by atoms with Gasteiger partial charge in [0.25, 0.3) is 11.5 Å². The van der Waals surface area contributed by atoms with E-state index in [1.165, 1.54) is 36.4 Å². The third-order valence-corrected chi connectivity index (χ3v) is 6.49. The van der Waals surface area contributed by atoms with Gasteiger partial charge < -0.3 is 24.3 Å². The summed E-state index contributed by atoms with van der Waals surface area (Å²) in [4.78, 5) is 39.8. The molecule has 4 rings (SSSR count). The first-order chi connectivity index (χ1) is 19.3. The van der Waals surface area contributed by atoms with Crippen LogP contribution in [0, 0.1) is 5.82 Å². The van der Waals surface area contributed by atoms with Crippen LogP contribution in [-0.2, 0) is 4.74 Å². The summed E-state index contributed by atoms with van der Waals surface area (Å²) in [7, 11) is 0. The van der Waals surface area contributed by atoms with Crippen molar-refractivity contribution in [1.29, 1.82) is 0 Å². The number of fused-ring (bicyclic) bond motifs is 1. The molecule has 0 spiro atoms. The summed E-state index contributed by atoms with van der Waals surface area (Å²) in [6.07, 6.45) is 0. The number of anilines is 1. The van der Waals surface area contributed by atoms with Gasteiger partial charge in [-0.2, -0.15) is 9.78 Å². The van der Waals surface area contributed by atoms with E-state index in [9.17, 15) is 18.8 Å². The van der Waals surface area contributed by atoms with Crippen molar-refractivity contribution in [2.24, 2.45) is 0 Å². The van der Waals surface area contributed by atoms with E-state index in [4.69, 9.17) is 18.9 Å². The molecule has 40 heavy (non-hydrogen) atoms. The second kappa shape index (κ2) is 12.6. The first kappa shape index (κ1) is 28.6. The lowest BCUT2D eigenvalue weighted by atomic mass is 10.1. The predicted molar refractivity (Wildman–Crippen MR) is 149 cm³/mol. The molecule has 1 amide bonds. The molecule has 0 saturated carbocycles. The van der Waals surface area contributed by atoms with Crippen molar-refractivity contribution in [2.45, 2.75) is 27.7 Å². The van der Waals surface area contributed by atoms with Crippen molar-refractivity contribution in [1.82, 2.24) is 9.78 Å². The smallest absolute Gasteiger partial charge is 0.359 e. The number of carbonyl (C=O) groups is 2. The Balaban J connectivity index is 1.83. The maximum absolute atomic E-state index is 13.6. The number of aromatic nitrogens is 2. The number of amides is 1. The lowest BCUT2D eigenvalue weighted by Crippen LogP contribution is -2.25. The third-order valence-electron chi connectivity index (χ3n) is 5.59. The van der Waals surface area contributed by atoms with E-state index < -0.39 is 23.3 Å². The van der Waals surface area contributed by atoms with Crippen molar-refractivity contribution < 1.29 is 32.9 Å². The van der Waals surface area contributed by atoms with E-state index in [2.05, 4.69) is 10.4 Å². The van der Waals surface area contributed by atoms with Crippen molar-refractivity contribution in [3.05, 3.63) is 69.2 Å². The van der Waals surface area contributed by atoms with Crippen LogP contribution in [0.3, 0.4) is 0 Å². The van der Waals surface area contributed by atoms with Gasteiger partial charge in [-0.25, -0.2) is 9.18 Å². The fourth-order valence-corrected chi connectivity index (χ4v) is 4.88. The molecule has 0 aliphatic carbocycles. The Kier molecular flexibility index (Phi) is 9.00. The van der Waals surface area contributed by atoms with Crippen molar-refractivity contribution in [3.63, 3.8) is 0 Å². The van der Waals surface area contributed by atoms with Gasteiger partial charge in [-0.1, -0.05) is 0 Å². The minimum atomic E-state index is -0.742. The zero-order valence-corrected chi connectivity index (χ0v) is 23.2. The second-order valence-corrected chi connectivity index (χ2v) is 9.05. The number of halogens is 1. The molecular formula is C28H28FN3O7S. The minimum Gasteiger partial charge on any atom is -0.490 e. The third kappa shape index (κ3) is 5.76. The molecule has 0 fully saturated rings. The Hall–Kier alpha value is -4.45. The zero-order valence-electron chi connectivity index (χ0n) is 22.4. The topological polar surface area (TPSA) is 118 Å². The van der Waals surface area contributed by atoms with Crippen LogP contribution in [0.4, 0.5) is 9.39 Å². The number of ether oxygens (including phenoxy) is 4. The Morgan fingerprint density at radius 1 is 0.950 bits per heavy atom. The highest BCUT2D eigenvalue weighted by Gasteiger charge is 2.24. The van der Waals surface area contributed by atoms with Crippen molar-refractivity contribution in [2.75, 3.05) is 31.7 Å². The van der Waals surface area contributed by atoms with E-state index in [1.54, 1.807) is 12.3 Å². The molecule has 0 saturated heterocycles. The van der Waals surface area contributed by atoms with Crippen LogP contribution in [0.5, 0.6) is 17.2 Å². The van der Waals surface area contributed by atoms with Crippen LogP contribution in [0.25, 0.3) is 16.5 Å². The van der Waals surface area contributed by atoms with Gasteiger partial charge in [-0.15, -0.1) is 11.3 Å². The summed E-state index contributed by atoms with van der Waals surface area (Å²) in [6.45, 7) is 8.21. The average Bonchev–Trinajstić information content (AvgIpc) is 3.35. The summed E-state index contributed by atoms with van der Waals surface area (Å²) in [5.74, 6) is -0.728. The van der Waals surface area contributed by atoms with E-state index in [0.717, 1.165) is 16.0 Å². The molecule has 1 N–H and O–H groups in total. The summed E-state index contributed by atoms with van der Waals surface area (Å²) < 4.78 is 36.8. The Morgan fingerprint density at radius 2 is 1.57 bits per heavy atom. The van der Waals surface area contributed by atoms with Crippen LogP contribution < -0.4 is 25.1 Å². The molecule has 0 bridgehead atoms. The number of nitrogens with zero attached hydrogens (tertiary/aromatic N) is 2. The van der Waals surface area contributed by atoms with E-state index in [1.807, 2.05) is 20.8 Å². The van der Waals surface area contributed by atoms with Crippen LogP contribution in [0.1, 0.15) is 48.5 Å². The second-order valence-electron chi connectivity index (χ2n) is 8.17. The summed E-state index contributed by atoms with van der Waals surface area (Å²) >= 11 is 1.06. The zero-order chi connectivity index (χ0) is 28.8. The number of nitrogens with one attached hydrogen (secondary N) is 1. The largest absolute Gasteiger partial charge is 0.490 e. The van der Waals surface area contributed by atoms with E-state index in [-0.39, 0.29) is 39.3 Å². The van der Waals surface area contributed by atoms with Gasteiger partial charge in [0, 0.05) is 16.3 Å². The molecule has 0 unspecified atom stereocenters. The highest BCUT2D eigenvalue weighted by atomic mass is 32.1. The number of hydrogen-bond donors (Lipinski definition) is 1. The molecule has 4 aromatic rings. The van der Waals surface area contributed by atoms with Gasteiger partial charge >= 0.3 is 5.97 Å². The SMILES string of the molecule is CCOC(=O)c1nn(-c2ccc(F)cc2)c(=O)c2c(NC(=O)c3cc(OCC)c(OCC)c(OCC)c3)scc12. The van der Waals surface area contributed by atoms with Crippen molar-refractivity contribution >= 4 is 39.0 Å².